The lowest BCUT2D eigenvalue weighted by molar-refractivity contribution is -0.123. The van der Waals surface area contributed by atoms with Crippen LogP contribution in [0.2, 0.25) is 0 Å². The summed E-state index contributed by atoms with van der Waals surface area (Å²) < 4.78 is 51.8. The summed E-state index contributed by atoms with van der Waals surface area (Å²) in [6.45, 7) is 1.45. The standard InChI is InChI=1S/C16H21F4N3O/c1-8(11-5-9-2-3-10(11)4-9)21-14(24)7-23-13(16(19)20)6-12(22-23)15(17)18/h6,8-11,15-16H,2-5,7H2,1H3,(H,21,24). The van der Waals surface area contributed by atoms with Crippen molar-refractivity contribution < 1.29 is 22.4 Å². The van der Waals surface area contributed by atoms with Crippen LogP contribution in [0.15, 0.2) is 6.07 Å². The second-order valence-corrected chi connectivity index (χ2v) is 6.95. The molecule has 1 heterocycles. The number of hydrogen-bond donors (Lipinski definition) is 1. The van der Waals surface area contributed by atoms with Gasteiger partial charge >= 0.3 is 0 Å². The van der Waals surface area contributed by atoms with Gasteiger partial charge in [0.25, 0.3) is 12.9 Å². The minimum absolute atomic E-state index is 0.0482. The SMILES string of the molecule is CC(NC(=O)Cn1nc(C(F)F)cc1C(F)F)C1CC2CCC1C2. The van der Waals surface area contributed by atoms with E-state index in [2.05, 4.69) is 10.4 Å². The van der Waals surface area contributed by atoms with Gasteiger partial charge in [-0.05, 0) is 50.0 Å². The lowest BCUT2D eigenvalue weighted by Crippen LogP contribution is -2.41. The maximum Gasteiger partial charge on any atom is 0.282 e. The van der Waals surface area contributed by atoms with E-state index in [0.29, 0.717) is 22.6 Å². The van der Waals surface area contributed by atoms with E-state index in [-0.39, 0.29) is 6.04 Å². The van der Waals surface area contributed by atoms with Crippen LogP contribution in [-0.4, -0.2) is 21.7 Å². The van der Waals surface area contributed by atoms with Crippen LogP contribution in [0.25, 0.3) is 0 Å². The monoisotopic (exact) mass is 347 g/mol. The molecule has 0 saturated heterocycles. The van der Waals surface area contributed by atoms with Crippen LogP contribution >= 0.6 is 0 Å². The highest BCUT2D eigenvalue weighted by Crippen LogP contribution is 2.49. The average Bonchev–Trinajstić information content (AvgIpc) is 3.21. The van der Waals surface area contributed by atoms with Gasteiger partial charge in [0, 0.05) is 6.04 Å². The summed E-state index contributed by atoms with van der Waals surface area (Å²) in [6, 6.07) is 0.607. The topological polar surface area (TPSA) is 46.9 Å². The molecule has 2 aliphatic carbocycles. The van der Waals surface area contributed by atoms with E-state index in [4.69, 9.17) is 0 Å². The Hall–Kier alpha value is -1.60. The van der Waals surface area contributed by atoms with Crippen LogP contribution in [0.4, 0.5) is 17.6 Å². The van der Waals surface area contributed by atoms with Gasteiger partial charge < -0.3 is 5.32 Å². The van der Waals surface area contributed by atoms with Crippen molar-refractivity contribution in [2.45, 2.75) is 58.0 Å². The van der Waals surface area contributed by atoms with Gasteiger partial charge in [0.05, 0.1) is 0 Å². The van der Waals surface area contributed by atoms with Gasteiger partial charge in [-0.25, -0.2) is 17.6 Å². The molecule has 134 valence electrons. The van der Waals surface area contributed by atoms with Crippen LogP contribution < -0.4 is 5.32 Å². The molecule has 0 aliphatic heterocycles. The molecule has 3 rings (SSSR count). The van der Waals surface area contributed by atoms with E-state index in [9.17, 15) is 22.4 Å². The quantitative estimate of drug-likeness (QED) is 0.798. The Morgan fingerprint density at radius 2 is 2.04 bits per heavy atom. The van der Waals surface area contributed by atoms with Crippen molar-refractivity contribution in [2.75, 3.05) is 0 Å². The molecule has 0 radical (unpaired) electrons. The van der Waals surface area contributed by atoms with Crippen LogP contribution in [0.1, 0.15) is 56.8 Å². The first-order valence-corrected chi connectivity index (χ1v) is 8.28. The van der Waals surface area contributed by atoms with E-state index in [1.54, 1.807) is 0 Å². The Labute approximate surface area is 137 Å². The predicted octanol–water partition coefficient (Wildman–Crippen LogP) is 3.70. The third kappa shape index (κ3) is 3.42. The maximum atomic E-state index is 12.9. The zero-order chi connectivity index (χ0) is 17.4. The number of nitrogens with one attached hydrogen (secondary N) is 1. The van der Waals surface area contributed by atoms with E-state index in [1.165, 1.54) is 19.3 Å². The molecule has 0 aromatic carbocycles. The molecule has 2 bridgehead atoms. The van der Waals surface area contributed by atoms with E-state index in [1.807, 2.05) is 6.92 Å². The minimum Gasteiger partial charge on any atom is -0.352 e. The molecule has 2 saturated carbocycles. The zero-order valence-electron chi connectivity index (χ0n) is 13.4. The summed E-state index contributed by atoms with van der Waals surface area (Å²) in [5, 5.41) is 6.27. The van der Waals surface area contributed by atoms with Gasteiger partial charge in [0.1, 0.15) is 17.9 Å². The molecule has 8 heteroatoms. The van der Waals surface area contributed by atoms with E-state index in [0.717, 1.165) is 12.3 Å². The summed E-state index contributed by atoms with van der Waals surface area (Å²) in [5.74, 6) is 1.30. The van der Waals surface area contributed by atoms with Crippen molar-refractivity contribution in [3.05, 3.63) is 17.5 Å². The zero-order valence-corrected chi connectivity index (χ0v) is 13.4. The molecular weight excluding hydrogens is 326 g/mol. The number of carbonyl (C=O) groups excluding carboxylic acids is 1. The van der Waals surface area contributed by atoms with Crippen LogP contribution in [0.3, 0.4) is 0 Å². The second kappa shape index (κ2) is 6.72. The number of nitrogens with zero attached hydrogens (tertiary/aromatic N) is 2. The molecule has 4 unspecified atom stereocenters. The summed E-state index contributed by atoms with van der Waals surface area (Å²) in [6.07, 6.45) is -1.17. The number of rotatable bonds is 6. The van der Waals surface area contributed by atoms with Crippen LogP contribution in [-0.2, 0) is 11.3 Å². The normalized spacial score (nSPS) is 27.2. The molecule has 24 heavy (non-hydrogen) atoms. The van der Waals surface area contributed by atoms with E-state index < -0.39 is 36.7 Å². The number of halogens is 4. The van der Waals surface area contributed by atoms with Crippen LogP contribution in [0, 0.1) is 17.8 Å². The van der Waals surface area contributed by atoms with Crippen molar-refractivity contribution in [3.8, 4) is 0 Å². The number of hydrogen-bond acceptors (Lipinski definition) is 2. The molecule has 4 nitrogen and oxygen atoms in total. The first-order chi connectivity index (χ1) is 11.3. The highest BCUT2D eigenvalue weighted by Gasteiger charge is 2.42. The summed E-state index contributed by atoms with van der Waals surface area (Å²) >= 11 is 0. The molecule has 1 aromatic rings. The number of fused-ring (bicyclic) bond motifs is 2. The molecule has 2 aliphatic rings. The Balaban J connectivity index is 1.62. The van der Waals surface area contributed by atoms with Gasteiger partial charge in [0.2, 0.25) is 5.91 Å². The third-order valence-electron chi connectivity index (χ3n) is 5.39. The van der Waals surface area contributed by atoms with Crippen molar-refractivity contribution >= 4 is 5.91 Å². The van der Waals surface area contributed by atoms with Gasteiger partial charge in [-0.15, -0.1) is 0 Å². The first kappa shape index (κ1) is 17.2. The number of carbonyl (C=O) groups is 1. The molecule has 1 amide bonds. The van der Waals surface area contributed by atoms with Gasteiger partial charge in [-0.1, -0.05) is 6.42 Å². The third-order valence-corrected chi connectivity index (χ3v) is 5.39. The summed E-state index contributed by atoms with van der Waals surface area (Å²) in [4.78, 5) is 12.1. The van der Waals surface area contributed by atoms with Gasteiger partial charge in [0.15, 0.2) is 0 Å². The first-order valence-electron chi connectivity index (χ1n) is 8.28. The van der Waals surface area contributed by atoms with Crippen molar-refractivity contribution in [1.29, 1.82) is 0 Å². The molecular formula is C16H21F4N3O. The number of aromatic nitrogens is 2. The summed E-state index contributed by atoms with van der Waals surface area (Å²) in [5.41, 5.74) is -1.40. The molecule has 1 aromatic heterocycles. The van der Waals surface area contributed by atoms with Gasteiger partial charge in [-0.3, -0.25) is 9.48 Å². The number of alkyl halides is 4. The lowest BCUT2D eigenvalue weighted by Gasteiger charge is -2.28. The van der Waals surface area contributed by atoms with E-state index >= 15 is 0 Å². The fourth-order valence-corrected chi connectivity index (χ4v) is 4.31. The highest BCUT2D eigenvalue weighted by atomic mass is 19.3. The fraction of sp³-hybridized carbons (Fsp3) is 0.750. The smallest absolute Gasteiger partial charge is 0.282 e. The molecule has 2 fully saturated rings. The average molecular weight is 347 g/mol. The van der Waals surface area contributed by atoms with Crippen molar-refractivity contribution in [3.63, 3.8) is 0 Å². The maximum absolute atomic E-state index is 12.9. The Bertz CT molecular complexity index is 604. The Morgan fingerprint density at radius 1 is 1.29 bits per heavy atom. The largest absolute Gasteiger partial charge is 0.352 e. The fourth-order valence-electron chi connectivity index (χ4n) is 4.31. The molecule has 4 atom stereocenters. The minimum atomic E-state index is -2.96. The van der Waals surface area contributed by atoms with Crippen molar-refractivity contribution in [2.24, 2.45) is 17.8 Å². The van der Waals surface area contributed by atoms with Crippen molar-refractivity contribution in [1.82, 2.24) is 15.1 Å². The Morgan fingerprint density at radius 3 is 2.58 bits per heavy atom. The lowest BCUT2D eigenvalue weighted by atomic mass is 9.84. The number of amides is 1. The van der Waals surface area contributed by atoms with Gasteiger partial charge in [-0.2, -0.15) is 5.10 Å². The predicted molar refractivity (Wildman–Crippen MR) is 78.7 cm³/mol. The molecule has 1 N–H and O–H groups in total. The summed E-state index contributed by atoms with van der Waals surface area (Å²) in [7, 11) is 0. The highest BCUT2D eigenvalue weighted by molar-refractivity contribution is 5.76. The van der Waals surface area contributed by atoms with Crippen LogP contribution in [0.5, 0.6) is 0 Å². The second-order valence-electron chi connectivity index (χ2n) is 6.95. The molecule has 0 spiro atoms. The Kier molecular flexibility index (Phi) is 4.83.